The predicted octanol–water partition coefficient (Wildman–Crippen LogP) is 2.05. The zero-order valence-corrected chi connectivity index (χ0v) is 13.5. The van der Waals surface area contributed by atoms with Crippen LogP contribution < -0.4 is 10.5 Å². The van der Waals surface area contributed by atoms with Crippen molar-refractivity contribution in [2.75, 3.05) is 0 Å². The molecule has 5 heteroatoms. The normalized spacial score (nSPS) is 20.0. The van der Waals surface area contributed by atoms with Crippen molar-refractivity contribution in [1.29, 1.82) is 0 Å². The maximum Gasteiger partial charge on any atom is 0.327 e. The maximum absolute atomic E-state index is 10.3. The maximum atomic E-state index is 10.3. The fourth-order valence-corrected chi connectivity index (χ4v) is 2.92. The van der Waals surface area contributed by atoms with Crippen LogP contribution in [0.15, 0.2) is 24.3 Å². The quantitative estimate of drug-likeness (QED) is 0.624. The first-order chi connectivity index (χ1) is 10.1. The Morgan fingerprint density at radius 3 is 2.05 bits per heavy atom. The number of hydrogen-bond acceptors (Lipinski definition) is 5. The van der Waals surface area contributed by atoms with E-state index >= 15 is 0 Å². The highest BCUT2D eigenvalue weighted by atomic mass is 16.8. The molecule has 1 fully saturated rings. The standard InChI is InChI=1S/C17H27NO4/c1-15(2,19)14(18)12-6-8-13(9-7-12)22-17(20,21)16(3)10-4-5-11-16/h6-9,14,19-21H,4-5,10-11,18H2,1-3H3. The van der Waals surface area contributed by atoms with Crippen molar-refractivity contribution >= 4 is 0 Å². The van der Waals surface area contributed by atoms with E-state index in [4.69, 9.17) is 10.5 Å². The lowest BCUT2D eigenvalue weighted by atomic mass is 9.85. The molecule has 0 amide bonds. The lowest BCUT2D eigenvalue weighted by Crippen LogP contribution is -2.49. The van der Waals surface area contributed by atoms with E-state index in [9.17, 15) is 15.3 Å². The first-order valence-corrected chi connectivity index (χ1v) is 7.77. The molecule has 0 radical (unpaired) electrons. The van der Waals surface area contributed by atoms with Crippen LogP contribution in [-0.2, 0) is 0 Å². The summed E-state index contributed by atoms with van der Waals surface area (Å²) in [5, 5.41) is 30.5. The van der Waals surface area contributed by atoms with Gasteiger partial charge in [0.2, 0.25) is 0 Å². The van der Waals surface area contributed by atoms with Crippen molar-refractivity contribution in [2.24, 2.45) is 11.1 Å². The van der Waals surface area contributed by atoms with Crippen molar-refractivity contribution in [1.82, 2.24) is 0 Å². The van der Waals surface area contributed by atoms with Crippen molar-refractivity contribution in [3.05, 3.63) is 29.8 Å². The molecule has 124 valence electrons. The Kier molecular flexibility index (Phi) is 4.55. The Labute approximate surface area is 131 Å². The van der Waals surface area contributed by atoms with Gasteiger partial charge in [-0.1, -0.05) is 31.9 Å². The van der Waals surface area contributed by atoms with Crippen LogP contribution in [0.3, 0.4) is 0 Å². The highest BCUT2D eigenvalue weighted by molar-refractivity contribution is 5.30. The monoisotopic (exact) mass is 309 g/mol. The minimum atomic E-state index is -2.19. The van der Waals surface area contributed by atoms with Gasteiger partial charge in [-0.15, -0.1) is 0 Å². The molecule has 0 bridgehead atoms. The van der Waals surface area contributed by atoms with E-state index in [-0.39, 0.29) is 0 Å². The SMILES string of the molecule is CC(C)(O)C(N)c1ccc(OC(O)(O)C2(C)CCCC2)cc1. The van der Waals surface area contributed by atoms with Crippen LogP contribution >= 0.6 is 0 Å². The number of nitrogens with two attached hydrogens (primary N) is 1. The molecule has 2 rings (SSSR count). The van der Waals surface area contributed by atoms with Crippen LogP contribution in [0.2, 0.25) is 0 Å². The van der Waals surface area contributed by atoms with Gasteiger partial charge in [-0.05, 0) is 44.4 Å². The summed E-state index contributed by atoms with van der Waals surface area (Å²) in [5.74, 6) is -1.83. The third-order valence-electron chi connectivity index (χ3n) is 4.75. The van der Waals surface area contributed by atoms with Gasteiger partial charge < -0.3 is 25.8 Å². The molecule has 1 aromatic rings. The van der Waals surface area contributed by atoms with Crippen molar-refractivity contribution < 1.29 is 20.1 Å². The van der Waals surface area contributed by atoms with Gasteiger partial charge in [-0.3, -0.25) is 0 Å². The molecule has 1 aromatic carbocycles. The zero-order valence-electron chi connectivity index (χ0n) is 13.5. The minimum Gasteiger partial charge on any atom is -0.439 e. The molecule has 0 saturated heterocycles. The largest absolute Gasteiger partial charge is 0.439 e. The first kappa shape index (κ1) is 17.2. The van der Waals surface area contributed by atoms with Crippen LogP contribution in [0.25, 0.3) is 0 Å². The smallest absolute Gasteiger partial charge is 0.327 e. The second-order valence-corrected chi connectivity index (χ2v) is 7.18. The molecule has 5 N–H and O–H groups in total. The molecular weight excluding hydrogens is 282 g/mol. The van der Waals surface area contributed by atoms with E-state index in [0.29, 0.717) is 5.75 Å². The van der Waals surface area contributed by atoms with E-state index in [1.54, 1.807) is 38.1 Å². The third kappa shape index (κ3) is 3.43. The summed E-state index contributed by atoms with van der Waals surface area (Å²) in [7, 11) is 0. The second kappa shape index (κ2) is 5.81. The highest BCUT2D eigenvalue weighted by Crippen LogP contribution is 2.45. The number of hydrogen-bond donors (Lipinski definition) is 4. The zero-order chi connectivity index (χ0) is 16.6. The first-order valence-electron chi connectivity index (χ1n) is 7.77. The molecule has 1 aliphatic carbocycles. The molecule has 1 saturated carbocycles. The fourth-order valence-electron chi connectivity index (χ4n) is 2.92. The van der Waals surface area contributed by atoms with Crippen molar-refractivity contribution in [2.45, 2.75) is 64.1 Å². The van der Waals surface area contributed by atoms with Crippen LogP contribution in [0, 0.1) is 5.41 Å². The summed E-state index contributed by atoms with van der Waals surface area (Å²) in [6, 6.07) is 6.21. The van der Waals surface area contributed by atoms with E-state index in [1.807, 2.05) is 6.92 Å². The second-order valence-electron chi connectivity index (χ2n) is 7.18. The molecule has 0 aliphatic heterocycles. The Morgan fingerprint density at radius 2 is 1.59 bits per heavy atom. The van der Waals surface area contributed by atoms with Crippen LogP contribution in [0.1, 0.15) is 58.1 Å². The molecule has 22 heavy (non-hydrogen) atoms. The summed E-state index contributed by atoms with van der Waals surface area (Å²) in [6.07, 6.45) is 3.40. The molecule has 1 unspecified atom stereocenters. The van der Waals surface area contributed by atoms with Crippen LogP contribution in [-0.4, -0.2) is 26.9 Å². The van der Waals surface area contributed by atoms with Crippen LogP contribution in [0.5, 0.6) is 5.75 Å². The number of rotatable bonds is 5. The van der Waals surface area contributed by atoms with E-state index in [1.165, 1.54) is 0 Å². The Balaban J connectivity index is 2.11. The van der Waals surface area contributed by atoms with Crippen molar-refractivity contribution in [3.63, 3.8) is 0 Å². The van der Waals surface area contributed by atoms with Gasteiger partial charge in [0.1, 0.15) is 5.75 Å². The van der Waals surface area contributed by atoms with Crippen molar-refractivity contribution in [3.8, 4) is 5.75 Å². The summed E-state index contributed by atoms with van der Waals surface area (Å²) < 4.78 is 5.42. The van der Waals surface area contributed by atoms with E-state index < -0.39 is 23.0 Å². The predicted molar refractivity (Wildman–Crippen MR) is 84.0 cm³/mol. The topological polar surface area (TPSA) is 95.9 Å². The molecular formula is C17H27NO4. The van der Waals surface area contributed by atoms with Gasteiger partial charge in [-0.25, -0.2) is 0 Å². The Hall–Kier alpha value is -1.14. The Bertz CT molecular complexity index is 498. The van der Waals surface area contributed by atoms with Gasteiger partial charge in [0.15, 0.2) is 0 Å². The van der Waals surface area contributed by atoms with Gasteiger partial charge in [0.05, 0.1) is 17.1 Å². The fraction of sp³-hybridized carbons (Fsp3) is 0.647. The summed E-state index contributed by atoms with van der Waals surface area (Å²) in [5.41, 5.74) is 5.05. The average Bonchev–Trinajstić information content (AvgIpc) is 2.86. The highest BCUT2D eigenvalue weighted by Gasteiger charge is 2.50. The lowest BCUT2D eigenvalue weighted by molar-refractivity contribution is -0.352. The van der Waals surface area contributed by atoms with E-state index in [2.05, 4.69) is 0 Å². The molecule has 5 nitrogen and oxygen atoms in total. The van der Waals surface area contributed by atoms with Gasteiger partial charge in [0, 0.05) is 0 Å². The average molecular weight is 309 g/mol. The van der Waals surface area contributed by atoms with Crippen LogP contribution in [0.4, 0.5) is 0 Å². The van der Waals surface area contributed by atoms with Gasteiger partial charge in [-0.2, -0.15) is 0 Å². The van der Waals surface area contributed by atoms with Gasteiger partial charge in [0.25, 0.3) is 0 Å². The summed E-state index contributed by atoms with van der Waals surface area (Å²) >= 11 is 0. The number of aliphatic hydroxyl groups is 3. The molecule has 0 heterocycles. The minimum absolute atomic E-state index is 0.366. The third-order valence-corrected chi connectivity index (χ3v) is 4.75. The molecule has 0 aromatic heterocycles. The van der Waals surface area contributed by atoms with Gasteiger partial charge >= 0.3 is 5.97 Å². The number of benzene rings is 1. The molecule has 0 spiro atoms. The lowest BCUT2D eigenvalue weighted by Gasteiger charge is -2.37. The Morgan fingerprint density at radius 1 is 1.09 bits per heavy atom. The summed E-state index contributed by atoms with van der Waals surface area (Å²) in [6.45, 7) is 5.13. The van der Waals surface area contributed by atoms with E-state index in [0.717, 1.165) is 31.2 Å². The molecule has 1 atom stereocenters. The summed E-state index contributed by atoms with van der Waals surface area (Å²) in [4.78, 5) is 0. The number of ether oxygens (including phenoxy) is 1. The molecule has 1 aliphatic rings.